The second-order valence-electron chi connectivity index (χ2n) is 5.44. The summed E-state index contributed by atoms with van der Waals surface area (Å²) >= 11 is 0. The average Bonchev–Trinajstić information content (AvgIpc) is 2.52. The topological polar surface area (TPSA) is 78.9 Å². The number of hydrogen-bond donors (Lipinski definition) is 2. The van der Waals surface area contributed by atoms with Gasteiger partial charge in [0.25, 0.3) is 5.91 Å². The zero-order valence-corrected chi connectivity index (χ0v) is 13.2. The monoisotopic (exact) mass is 316 g/mol. The van der Waals surface area contributed by atoms with Gasteiger partial charge in [-0.1, -0.05) is 12.1 Å². The summed E-state index contributed by atoms with van der Waals surface area (Å²) < 4.78 is 5.45. The second-order valence-corrected chi connectivity index (χ2v) is 5.44. The molecule has 6 heteroatoms. The number of ether oxygens (including phenoxy) is 1. The van der Waals surface area contributed by atoms with E-state index in [1.54, 1.807) is 24.3 Å². The first-order chi connectivity index (χ1) is 11.0. The lowest BCUT2D eigenvalue weighted by Crippen LogP contribution is -2.34. The SMILES string of the molecule is CN(C)CCNC(=O)COc1ccc2ccc(O)c(C=O)c2c1. The van der Waals surface area contributed by atoms with Crippen molar-refractivity contribution in [1.82, 2.24) is 10.2 Å². The van der Waals surface area contributed by atoms with Crippen LogP contribution in [0.25, 0.3) is 10.8 Å². The average molecular weight is 316 g/mol. The van der Waals surface area contributed by atoms with E-state index in [1.165, 1.54) is 6.07 Å². The Hall–Kier alpha value is -2.60. The minimum atomic E-state index is -0.210. The van der Waals surface area contributed by atoms with Crippen LogP contribution in [0.15, 0.2) is 30.3 Å². The number of nitrogens with zero attached hydrogens (tertiary/aromatic N) is 1. The second kappa shape index (κ2) is 7.60. The van der Waals surface area contributed by atoms with Crippen molar-refractivity contribution in [3.8, 4) is 11.5 Å². The quantitative estimate of drug-likeness (QED) is 0.755. The van der Waals surface area contributed by atoms with Gasteiger partial charge in [0.1, 0.15) is 11.5 Å². The number of fused-ring (bicyclic) bond motifs is 1. The van der Waals surface area contributed by atoms with Crippen molar-refractivity contribution in [3.05, 3.63) is 35.9 Å². The zero-order chi connectivity index (χ0) is 16.8. The number of nitrogens with one attached hydrogen (secondary N) is 1. The number of phenolic OH excluding ortho intramolecular Hbond substituents is 1. The van der Waals surface area contributed by atoms with Crippen LogP contribution < -0.4 is 10.1 Å². The molecule has 0 spiro atoms. The summed E-state index contributed by atoms with van der Waals surface area (Å²) in [7, 11) is 3.86. The fourth-order valence-electron chi connectivity index (χ4n) is 2.14. The standard InChI is InChI=1S/C17H20N2O4/c1-19(2)8-7-18-17(22)11-23-13-5-3-12-4-6-16(21)15(10-20)14(12)9-13/h3-6,9-10,21H,7-8,11H2,1-2H3,(H,18,22). The molecule has 23 heavy (non-hydrogen) atoms. The van der Waals surface area contributed by atoms with Crippen molar-refractivity contribution >= 4 is 23.0 Å². The van der Waals surface area contributed by atoms with Crippen LogP contribution in [0.4, 0.5) is 0 Å². The summed E-state index contributed by atoms with van der Waals surface area (Å²) in [5, 5.41) is 13.9. The third-order valence-electron chi connectivity index (χ3n) is 3.38. The van der Waals surface area contributed by atoms with Gasteiger partial charge in [-0.15, -0.1) is 0 Å². The van der Waals surface area contributed by atoms with Crippen molar-refractivity contribution in [1.29, 1.82) is 0 Å². The minimum absolute atomic E-state index is 0.0777. The van der Waals surface area contributed by atoms with Gasteiger partial charge in [0, 0.05) is 13.1 Å². The van der Waals surface area contributed by atoms with E-state index in [9.17, 15) is 14.7 Å². The molecule has 0 heterocycles. The van der Waals surface area contributed by atoms with Gasteiger partial charge < -0.3 is 20.1 Å². The fourth-order valence-corrected chi connectivity index (χ4v) is 2.14. The van der Waals surface area contributed by atoms with E-state index in [4.69, 9.17) is 4.74 Å². The van der Waals surface area contributed by atoms with Gasteiger partial charge in [-0.25, -0.2) is 0 Å². The molecule has 0 aromatic heterocycles. The predicted molar refractivity (Wildman–Crippen MR) is 88.1 cm³/mol. The Morgan fingerprint density at radius 2 is 2.04 bits per heavy atom. The molecule has 1 amide bonds. The number of aldehydes is 1. The zero-order valence-electron chi connectivity index (χ0n) is 13.2. The van der Waals surface area contributed by atoms with E-state index in [0.717, 1.165) is 11.9 Å². The van der Waals surface area contributed by atoms with Crippen LogP contribution in [0, 0.1) is 0 Å². The fraction of sp³-hybridized carbons (Fsp3) is 0.294. The van der Waals surface area contributed by atoms with Crippen LogP contribution in [0.5, 0.6) is 11.5 Å². The highest BCUT2D eigenvalue weighted by Crippen LogP contribution is 2.28. The van der Waals surface area contributed by atoms with Gasteiger partial charge in [0.2, 0.25) is 0 Å². The van der Waals surface area contributed by atoms with E-state index in [1.807, 2.05) is 19.0 Å². The maximum atomic E-state index is 11.7. The van der Waals surface area contributed by atoms with E-state index in [2.05, 4.69) is 5.32 Å². The van der Waals surface area contributed by atoms with Crippen LogP contribution in [0.3, 0.4) is 0 Å². The van der Waals surface area contributed by atoms with Crippen molar-refractivity contribution in [2.45, 2.75) is 0 Å². The highest BCUT2D eigenvalue weighted by molar-refractivity contribution is 6.01. The molecule has 2 N–H and O–H groups in total. The maximum Gasteiger partial charge on any atom is 0.257 e. The Kier molecular flexibility index (Phi) is 5.54. The summed E-state index contributed by atoms with van der Waals surface area (Å²) in [6.07, 6.45) is 0.607. The largest absolute Gasteiger partial charge is 0.507 e. The number of amides is 1. The Morgan fingerprint density at radius 1 is 1.30 bits per heavy atom. The summed E-state index contributed by atoms with van der Waals surface area (Å²) in [6, 6.07) is 8.34. The van der Waals surface area contributed by atoms with Gasteiger partial charge in [0.15, 0.2) is 12.9 Å². The van der Waals surface area contributed by atoms with Crippen molar-refractivity contribution in [2.24, 2.45) is 0 Å². The Labute approximate surface area is 134 Å². The van der Waals surface area contributed by atoms with Gasteiger partial charge in [-0.2, -0.15) is 0 Å². The number of likely N-dealkylation sites (N-methyl/N-ethyl adjacent to an activating group) is 1. The summed E-state index contributed by atoms with van der Waals surface area (Å²) in [6.45, 7) is 1.20. The molecular formula is C17H20N2O4. The van der Waals surface area contributed by atoms with Gasteiger partial charge in [-0.05, 0) is 43.1 Å². The third-order valence-corrected chi connectivity index (χ3v) is 3.38. The van der Waals surface area contributed by atoms with E-state index < -0.39 is 0 Å². The number of benzene rings is 2. The molecule has 2 rings (SSSR count). The lowest BCUT2D eigenvalue weighted by atomic mass is 10.0. The van der Waals surface area contributed by atoms with Crippen LogP contribution in [0.2, 0.25) is 0 Å². The Morgan fingerprint density at radius 3 is 2.74 bits per heavy atom. The molecule has 0 unspecified atom stereocenters. The van der Waals surface area contributed by atoms with Crippen LogP contribution in [-0.4, -0.2) is 56.0 Å². The lowest BCUT2D eigenvalue weighted by Gasteiger charge is -2.11. The molecular weight excluding hydrogens is 296 g/mol. The lowest BCUT2D eigenvalue weighted by molar-refractivity contribution is -0.123. The van der Waals surface area contributed by atoms with E-state index in [0.29, 0.717) is 24.0 Å². The summed E-state index contributed by atoms with van der Waals surface area (Å²) in [4.78, 5) is 24.8. The highest BCUT2D eigenvalue weighted by atomic mass is 16.5. The number of rotatable bonds is 7. The third kappa shape index (κ3) is 4.43. The molecule has 0 saturated heterocycles. The first-order valence-corrected chi connectivity index (χ1v) is 7.26. The number of phenols is 1. The Balaban J connectivity index is 2.03. The van der Waals surface area contributed by atoms with E-state index >= 15 is 0 Å². The highest BCUT2D eigenvalue weighted by Gasteiger charge is 2.08. The van der Waals surface area contributed by atoms with Gasteiger partial charge in [0.05, 0.1) is 5.56 Å². The smallest absolute Gasteiger partial charge is 0.257 e. The molecule has 0 fully saturated rings. The van der Waals surface area contributed by atoms with Gasteiger partial charge in [-0.3, -0.25) is 9.59 Å². The first kappa shape index (κ1) is 16.8. The number of carbonyl (C=O) groups excluding carboxylic acids is 2. The first-order valence-electron chi connectivity index (χ1n) is 7.26. The van der Waals surface area contributed by atoms with Crippen LogP contribution in [-0.2, 0) is 4.79 Å². The molecule has 6 nitrogen and oxygen atoms in total. The molecule has 0 saturated carbocycles. The minimum Gasteiger partial charge on any atom is -0.507 e. The van der Waals surface area contributed by atoms with Gasteiger partial charge >= 0.3 is 0 Å². The maximum absolute atomic E-state index is 11.7. The molecule has 122 valence electrons. The molecule has 0 radical (unpaired) electrons. The molecule has 2 aromatic carbocycles. The number of carbonyl (C=O) groups is 2. The summed E-state index contributed by atoms with van der Waals surface area (Å²) in [5.74, 6) is 0.179. The molecule has 0 aliphatic heterocycles. The van der Waals surface area contributed by atoms with Crippen LogP contribution >= 0.6 is 0 Å². The van der Waals surface area contributed by atoms with Crippen molar-refractivity contribution < 1.29 is 19.4 Å². The predicted octanol–water partition coefficient (Wildman–Crippen LogP) is 1.41. The molecule has 0 aliphatic carbocycles. The molecule has 0 aliphatic rings. The normalized spacial score (nSPS) is 10.7. The number of hydrogen-bond acceptors (Lipinski definition) is 5. The molecule has 0 atom stereocenters. The summed E-state index contributed by atoms with van der Waals surface area (Å²) in [5.41, 5.74) is 0.211. The van der Waals surface area contributed by atoms with Crippen molar-refractivity contribution in [2.75, 3.05) is 33.8 Å². The number of aromatic hydroxyl groups is 1. The Bertz CT molecular complexity index is 713. The molecule has 0 bridgehead atoms. The van der Waals surface area contributed by atoms with Crippen molar-refractivity contribution in [3.63, 3.8) is 0 Å². The van der Waals surface area contributed by atoms with E-state index in [-0.39, 0.29) is 23.8 Å². The molecule has 2 aromatic rings. The van der Waals surface area contributed by atoms with Crippen LogP contribution in [0.1, 0.15) is 10.4 Å².